The summed E-state index contributed by atoms with van der Waals surface area (Å²) in [4.78, 5) is 19.9. The Bertz CT molecular complexity index is 2490. The fourth-order valence-electron chi connectivity index (χ4n) is 6.20. The number of thiophene rings is 1. The highest BCUT2D eigenvalue weighted by molar-refractivity contribution is 7.26. The number of rotatable bonds is 5. The Hall–Kier alpha value is -6.04. The predicted octanol–water partition coefficient (Wildman–Crippen LogP) is 11.1. The van der Waals surface area contributed by atoms with Gasteiger partial charge in [-0.1, -0.05) is 146 Å². The van der Waals surface area contributed by atoms with E-state index in [1.165, 1.54) is 25.6 Å². The van der Waals surface area contributed by atoms with E-state index in [4.69, 9.17) is 19.9 Å². The van der Waals surface area contributed by atoms with Gasteiger partial charge in [-0.25, -0.2) is 19.9 Å². The van der Waals surface area contributed by atoms with Crippen molar-refractivity contribution in [3.8, 4) is 56.5 Å². The van der Waals surface area contributed by atoms with Gasteiger partial charge in [-0.3, -0.25) is 0 Å². The number of hydrogen-bond donors (Lipinski definition) is 0. The topological polar surface area (TPSA) is 51.6 Å². The summed E-state index contributed by atoms with van der Waals surface area (Å²) in [6, 6.07) is 54.4. The van der Waals surface area contributed by atoms with Gasteiger partial charge in [0.1, 0.15) is 0 Å². The van der Waals surface area contributed by atoms with Crippen LogP contribution < -0.4 is 0 Å². The van der Waals surface area contributed by atoms with Crippen molar-refractivity contribution in [2.24, 2.45) is 0 Å². The minimum Gasteiger partial charge on any atom is -0.247 e. The number of fused-ring (bicyclic) bond motifs is 5. The van der Waals surface area contributed by atoms with Crippen molar-refractivity contribution in [1.82, 2.24) is 19.9 Å². The fraction of sp³-hybridized carbons (Fsp3) is 0. The molecule has 0 aliphatic rings. The van der Waals surface area contributed by atoms with Crippen LogP contribution in [0.2, 0.25) is 0 Å². The third kappa shape index (κ3) is 4.94. The Morgan fingerprint density at radius 3 is 1.47 bits per heavy atom. The molecular formula is C42H26N4S. The second-order valence-electron chi connectivity index (χ2n) is 11.5. The number of aromatic nitrogens is 4. The van der Waals surface area contributed by atoms with E-state index in [2.05, 4.69) is 97.1 Å². The molecule has 0 aliphatic carbocycles. The molecule has 9 aromatic rings. The van der Waals surface area contributed by atoms with Crippen LogP contribution in [0.25, 0.3) is 87.6 Å². The second-order valence-corrected chi connectivity index (χ2v) is 12.5. The maximum absolute atomic E-state index is 5.30. The van der Waals surface area contributed by atoms with Gasteiger partial charge in [-0.2, -0.15) is 0 Å². The first-order chi connectivity index (χ1) is 23.3. The van der Waals surface area contributed by atoms with Gasteiger partial charge in [-0.05, 0) is 23.3 Å². The van der Waals surface area contributed by atoms with Crippen molar-refractivity contribution in [3.63, 3.8) is 0 Å². The molecule has 0 saturated heterocycles. The first-order valence-corrected chi connectivity index (χ1v) is 16.4. The summed E-state index contributed by atoms with van der Waals surface area (Å²) < 4.78 is 2.55. The highest BCUT2D eigenvalue weighted by Crippen LogP contribution is 2.43. The minimum atomic E-state index is 0.643. The number of benzene rings is 6. The Balaban J connectivity index is 1.15. The van der Waals surface area contributed by atoms with Crippen LogP contribution in [-0.2, 0) is 0 Å². The van der Waals surface area contributed by atoms with E-state index in [0.29, 0.717) is 17.5 Å². The largest absolute Gasteiger partial charge is 0.247 e. The Morgan fingerprint density at radius 2 is 0.851 bits per heavy atom. The number of hydrogen-bond acceptors (Lipinski definition) is 5. The summed E-state index contributed by atoms with van der Waals surface area (Å²) in [6.45, 7) is 0. The lowest BCUT2D eigenvalue weighted by molar-refractivity contribution is 1.07. The summed E-state index contributed by atoms with van der Waals surface area (Å²) in [5.74, 6) is 1.95. The summed E-state index contributed by atoms with van der Waals surface area (Å²) in [6.07, 6.45) is 0. The van der Waals surface area contributed by atoms with Gasteiger partial charge >= 0.3 is 0 Å². The summed E-state index contributed by atoms with van der Waals surface area (Å²) >= 11 is 1.84. The van der Waals surface area contributed by atoms with Crippen molar-refractivity contribution in [2.45, 2.75) is 0 Å². The van der Waals surface area contributed by atoms with Crippen LogP contribution in [-0.4, -0.2) is 19.9 Å². The van der Waals surface area contributed by atoms with Crippen molar-refractivity contribution in [2.75, 3.05) is 0 Å². The summed E-state index contributed by atoms with van der Waals surface area (Å²) in [5, 5.41) is 3.65. The average Bonchev–Trinajstić information content (AvgIpc) is 3.55. The van der Waals surface area contributed by atoms with Crippen LogP contribution >= 0.6 is 11.3 Å². The highest BCUT2D eigenvalue weighted by Gasteiger charge is 2.17. The van der Waals surface area contributed by atoms with Gasteiger partial charge in [0.25, 0.3) is 0 Å². The number of pyridine rings is 1. The molecule has 9 rings (SSSR count). The highest BCUT2D eigenvalue weighted by atomic mass is 32.1. The van der Waals surface area contributed by atoms with Crippen LogP contribution in [0, 0.1) is 0 Å². The molecule has 0 fully saturated rings. The maximum atomic E-state index is 5.30. The molecule has 3 heterocycles. The second kappa shape index (κ2) is 11.4. The van der Waals surface area contributed by atoms with Crippen LogP contribution in [0.4, 0.5) is 0 Å². The monoisotopic (exact) mass is 618 g/mol. The average molecular weight is 619 g/mol. The van der Waals surface area contributed by atoms with Crippen molar-refractivity contribution in [3.05, 3.63) is 158 Å². The molecule has 3 aromatic heterocycles. The van der Waals surface area contributed by atoms with E-state index in [-0.39, 0.29) is 0 Å². The molecule has 0 atom stereocenters. The smallest absolute Gasteiger partial charge is 0.164 e. The standard InChI is InChI=1S/C42H26N4S/c1-4-12-28(13-5-1)38-37-34-18-10-11-19-36(34)47-39(37)33-25-24-32(26-35(33)43-38)27-20-22-31(23-21-27)42-45-40(29-14-6-2-7-15-29)44-41(46-42)30-16-8-3-9-17-30/h1-26H. The Kier molecular flexibility index (Phi) is 6.61. The first-order valence-electron chi connectivity index (χ1n) is 15.6. The predicted molar refractivity (Wildman–Crippen MR) is 195 cm³/mol. The summed E-state index contributed by atoms with van der Waals surface area (Å²) in [7, 11) is 0. The number of nitrogens with zero attached hydrogens (tertiary/aromatic N) is 4. The molecule has 0 amide bonds. The van der Waals surface area contributed by atoms with Crippen LogP contribution in [0.1, 0.15) is 0 Å². The molecular weight excluding hydrogens is 593 g/mol. The zero-order valence-electron chi connectivity index (χ0n) is 25.2. The maximum Gasteiger partial charge on any atom is 0.164 e. The van der Waals surface area contributed by atoms with Crippen molar-refractivity contribution >= 4 is 42.4 Å². The van der Waals surface area contributed by atoms with E-state index in [0.717, 1.165) is 44.6 Å². The quantitative estimate of drug-likeness (QED) is 0.193. The van der Waals surface area contributed by atoms with E-state index in [1.54, 1.807) is 0 Å². The molecule has 0 aliphatic heterocycles. The van der Waals surface area contributed by atoms with E-state index >= 15 is 0 Å². The van der Waals surface area contributed by atoms with Gasteiger partial charge in [-0.15, -0.1) is 11.3 Å². The van der Waals surface area contributed by atoms with Crippen molar-refractivity contribution in [1.29, 1.82) is 0 Å². The van der Waals surface area contributed by atoms with E-state index in [9.17, 15) is 0 Å². The molecule has 0 saturated carbocycles. The molecule has 4 nitrogen and oxygen atoms in total. The normalized spacial score (nSPS) is 11.4. The Morgan fingerprint density at radius 1 is 0.362 bits per heavy atom. The molecule has 0 unspecified atom stereocenters. The van der Waals surface area contributed by atoms with Crippen LogP contribution in [0.15, 0.2) is 158 Å². The van der Waals surface area contributed by atoms with Gasteiger partial charge in [0.2, 0.25) is 0 Å². The van der Waals surface area contributed by atoms with Gasteiger partial charge < -0.3 is 0 Å². The zero-order valence-corrected chi connectivity index (χ0v) is 26.0. The van der Waals surface area contributed by atoms with E-state index < -0.39 is 0 Å². The zero-order chi connectivity index (χ0) is 31.2. The van der Waals surface area contributed by atoms with Crippen LogP contribution in [0.3, 0.4) is 0 Å². The molecule has 0 N–H and O–H groups in total. The lowest BCUT2D eigenvalue weighted by atomic mass is 9.99. The van der Waals surface area contributed by atoms with E-state index in [1.807, 2.05) is 72.0 Å². The third-order valence-electron chi connectivity index (χ3n) is 8.53. The molecule has 0 radical (unpaired) electrons. The molecule has 220 valence electrons. The third-order valence-corrected chi connectivity index (χ3v) is 9.73. The lowest BCUT2D eigenvalue weighted by Crippen LogP contribution is -2.00. The van der Waals surface area contributed by atoms with Gasteiger partial charge in [0, 0.05) is 47.8 Å². The lowest BCUT2D eigenvalue weighted by Gasteiger charge is -2.10. The molecule has 5 heteroatoms. The Labute approximate surface area is 275 Å². The van der Waals surface area contributed by atoms with Crippen LogP contribution in [0.5, 0.6) is 0 Å². The molecule has 47 heavy (non-hydrogen) atoms. The molecule has 0 bridgehead atoms. The SMILES string of the molecule is c1ccc(-c2nc(-c3ccccc3)nc(-c3ccc(-c4ccc5c(c4)nc(-c4ccccc4)c4c6ccccc6sc54)cc3)n2)cc1. The van der Waals surface area contributed by atoms with Gasteiger partial charge in [0.15, 0.2) is 17.5 Å². The molecule has 0 spiro atoms. The molecule has 6 aromatic carbocycles. The first kappa shape index (κ1) is 27.3. The van der Waals surface area contributed by atoms with Crippen molar-refractivity contribution < 1.29 is 0 Å². The van der Waals surface area contributed by atoms with Gasteiger partial charge in [0.05, 0.1) is 11.2 Å². The minimum absolute atomic E-state index is 0.643. The fourth-order valence-corrected chi connectivity index (χ4v) is 7.43. The summed E-state index contributed by atoms with van der Waals surface area (Å²) in [5.41, 5.74) is 8.20.